The maximum Gasteiger partial charge on any atom is 0.125 e. The number of ether oxygens (including phenoxy) is 1. The van der Waals surface area contributed by atoms with E-state index in [1.807, 2.05) is 27.8 Å². The number of rotatable bonds is 10. The van der Waals surface area contributed by atoms with Crippen LogP contribution >= 0.6 is 0 Å². The third-order valence-electron chi connectivity index (χ3n) is 3.30. The molecular weight excluding hydrogens is 257 g/mol. The Balaban J connectivity index is 4.83. The van der Waals surface area contributed by atoms with Crippen LogP contribution in [0.2, 0.25) is 0 Å². The maximum atomic E-state index is 13.0. The summed E-state index contributed by atoms with van der Waals surface area (Å²) in [5, 5.41) is 13.4. The number of hydrogen-bond acceptors (Lipinski definition) is 3. The fourth-order valence-corrected chi connectivity index (χ4v) is 1.57. The van der Waals surface area contributed by atoms with Gasteiger partial charge in [0.25, 0.3) is 0 Å². The Bertz CT molecular complexity index is 363. The summed E-state index contributed by atoms with van der Waals surface area (Å²) in [6.07, 6.45) is 2.35. The topological polar surface area (TPSA) is 41.5 Å². The second-order valence-corrected chi connectivity index (χ2v) is 5.36. The van der Waals surface area contributed by atoms with Gasteiger partial charge in [0.15, 0.2) is 0 Å². The van der Waals surface area contributed by atoms with Gasteiger partial charge in [0.05, 0.1) is 5.60 Å². The van der Waals surface area contributed by atoms with E-state index in [1.54, 1.807) is 0 Å². The molecule has 0 saturated heterocycles. The molecule has 0 radical (unpaired) electrons. The highest BCUT2D eigenvalue weighted by Gasteiger charge is 2.26. The van der Waals surface area contributed by atoms with Crippen LogP contribution in [0.5, 0.6) is 0 Å². The standard InChI is InChI=1S/C16H28FNO2/c1-7-16(19,8-9-18-6)11-20-15(10-13(4)17)14(5)12(2)3/h10,12,18-19H,4-5,7-9,11H2,1-3,6H3/b15-10+. The summed E-state index contributed by atoms with van der Waals surface area (Å²) in [6.45, 7) is 13.7. The molecule has 0 saturated carbocycles. The fraction of sp³-hybridized carbons (Fsp3) is 0.625. The highest BCUT2D eigenvalue weighted by molar-refractivity contribution is 5.29. The van der Waals surface area contributed by atoms with Crippen molar-refractivity contribution in [3.05, 3.63) is 36.4 Å². The zero-order valence-corrected chi connectivity index (χ0v) is 13.1. The SMILES string of the molecule is C=C(F)/C=C(/OCC(O)(CC)CCNC)C(=C)C(C)C. The summed E-state index contributed by atoms with van der Waals surface area (Å²) in [5.74, 6) is -0.103. The first-order chi connectivity index (χ1) is 9.25. The van der Waals surface area contributed by atoms with Crippen molar-refractivity contribution in [1.29, 1.82) is 0 Å². The van der Waals surface area contributed by atoms with Crippen LogP contribution in [0.3, 0.4) is 0 Å². The van der Waals surface area contributed by atoms with E-state index in [-0.39, 0.29) is 12.5 Å². The van der Waals surface area contributed by atoms with Crippen molar-refractivity contribution < 1.29 is 14.2 Å². The smallest absolute Gasteiger partial charge is 0.125 e. The van der Waals surface area contributed by atoms with Crippen molar-refractivity contribution in [1.82, 2.24) is 5.32 Å². The van der Waals surface area contributed by atoms with E-state index in [0.29, 0.717) is 30.7 Å². The van der Waals surface area contributed by atoms with Gasteiger partial charge < -0.3 is 15.2 Å². The van der Waals surface area contributed by atoms with Gasteiger partial charge in [0.1, 0.15) is 18.2 Å². The highest BCUT2D eigenvalue weighted by atomic mass is 19.1. The van der Waals surface area contributed by atoms with E-state index in [4.69, 9.17) is 4.74 Å². The van der Waals surface area contributed by atoms with E-state index < -0.39 is 11.4 Å². The Morgan fingerprint density at radius 1 is 1.45 bits per heavy atom. The minimum atomic E-state index is -0.934. The third-order valence-corrected chi connectivity index (χ3v) is 3.30. The second kappa shape index (κ2) is 8.93. The molecule has 3 nitrogen and oxygen atoms in total. The van der Waals surface area contributed by atoms with Crippen LogP contribution < -0.4 is 5.32 Å². The average Bonchev–Trinajstić information content (AvgIpc) is 2.39. The summed E-state index contributed by atoms with van der Waals surface area (Å²) >= 11 is 0. The number of hydrogen-bond donors (Lipinski definition) is 2. The summed E-state index contributed by atoms with van der Waals surface area (Å²) in [4.78, 5) is 0. The van der Waals surface area contributed by atoms with E-state index in [0.717, 1.165) is 0 Å². The molecule has 4 heteroatoms. The lowest BCUT2D eigenvalue weighted by Gasteiger charge is -2.28. The molecule has 1 unspecified atom stereocenters. The summed E-state index contributed by atoms with van der Waals surface area (Å²) in [5.41, 5.74) is -0.243. The predicted molar refractivity (Wildman–Crippen MR) is 82.0 cm³/mol. The molecule has 0 spiro atoms. The van der Waals surface area contributed by atoms with Gasteiger partial charge in [0.2, 0.25) is 0 Å². The quantitative estimate of drug-likeness (QED) is 0.478. The molecule has 0 aromatic heterocycles. The van der Waals surface area contributed by atoms with Crippen molar-refractivity contribution in [3.63, 3.8) is 0 Å². The number of allylic oxidation sites excluding steroid dienone is 3. The Labute approximate surface area is 122 Å². The first-order valence-corrected chi connectivity index (χ1v) is 7.00. The van der Waals surface area contributed by atoms with Crippen LogP contribution in [0.1, 0.15) is 33.6 Å². The third kappa shape index (κ3) is 6.87. The van der Waals surface area contributed by atoms with Crippen LogP contribution in [0.4, 0.5) is 4.39 Å². The minimum Gasteiger partial charge on any atom is -0.490 e. The van der Waals surface area contributed by atoms with Crippen molar-refractivity contribution in [2.45, 2.75) is 39.2 Å². The molecule has 0 aromatic rings. The Morgan fingerprint density at radius 3 is 2.45 bits per heavy atom. The largest absolute Gasteiger partial charge is 0.490 e. The van der Waals surface area contributed by atoms with Crippen LogP contribution in [0.15, 0.2) is 36.4 Å². The van der Waals surface area contributed by atoms with Gasteiger partial charge in [-0.25, -0.2) is 4.39 Å². The van der Waals surface area contributed by atoms with Gasteiger partial charge >= 0.3 is 0 Å². The number of halogens is 1. The van der Waals surface area contributed by atoms with Crippen molar-refractivity contribution >= 4 is 0 Å². The molecule has 116 valence electrons. The minimum absolute atomic E-state index is 0.107. The first kappa shape index (κ1) is 18.9. The summed E-state index contributed by atoms with van der Waals surface area (Å²) < 4.78 is 18.6. The van der Waals surface area contributed by atoms with Gasteiger partial charge in [-0.05, 0) is 37.9 Å². The van der Waals surface area contributed by atoms with Gasteiger partial charge in [-0.3, -0.25) is 0 Å². The Kier molecular flexibility index (Phi) is 8.42. The zero-order chi connectivity index (χ0) is 15.8. The molecule has 0 aliphatic carbocycles. The van der Waals surface area contributed by atoms with Crippen molar-refractivity contribution in [2.24, 2.45) is 5.92 Å². The Morgan fingerprint density at radius 2 is 2.05 bits per heavy atom. The van der Waals surface area contributed by atoms with Gasteiger partial charge in [-0.15, -0.1) is 0 Å². The molecule has 1 atom stereocenters. The van der Waals surface area contributed by atoms with Crippen LogP contribution in [0, 0.1) is 5.92 Å². The maximum absolute atomic E-state index is 13.0. The second-order valence-electron chi connectivity index (χ2n) is 5.36. The van der Waals surface area contributed by atoms with Gasteiger partial charge in [-0.2, -0.15) is 0 Å². The van der Waals surface area contributed by atoms with Crippen LogP contribution in [-0.2, 0) is 4.74 Å². The molecular formula is C16H28FNO2. The number of aliphatic hydroxyl groups is 1. The summed E-state index contributed by atoms with van der Waals surface area (Å²) in [7, 11) is 1.83. The van der Waals surface area contributed by atoms with Crippen LogP contribution in [-0.4, -0.2) is 30.9 Å². The molecule has 0 aliphatic rings. The molecule has 0 fully saturated rings. The first-order valence-electron chi connectivity index (χ1n) is 7.00. The average molecular weight is 285 g/mol. The van der Waals surface area contributed by atoms with Crippen molar-refractivity contribution in [2.75, 3.05) is 20.2 Å². The van der Waals surface area contributed by atoms with E-state index in [1.165, 1.54) is 6.08 Å². The zero-order valence-electron chi connectivity index (χ0n) is 13.1. The molecule has 0 bridgehead atoms. The van der Waals surface area contributed by atoms with Gasteiger partial charge in [0, 0.05) is 6.08 Å². The molecule has 0 amide bonds. The highest BCUT2D eigenvalue weighted by Crippen LogP contribution is 2.23. The van der Waals surface area contributed by atoms with Crippen LogP contribution in [0.25, 0.3) is 0 Å². The predicted octanol–water partition coefficient (Wildman–Crippen LogP) is 3.33. The van der Waals surface area contributed by atoms with E-state index >= 15 is 0 Å². The monoisotopic (exact) mass is 285 g/mol. The lowest BCUT2D eigenvalue weighted by atomic mass is 9.97. The Hall–Kier alpha value is -1.13. The van der Waals surface area contributed by atoms with E-state index in [9.17, 15) is 9.50 Å². The lowest BCUT2D eigenvalue weighted by molar-refractivity contribution is -0.0338. The van der Waals surface area contributed by atoms with Crippen molar-refractivity contribution in [3.8, 4) is 0 Å². The molecule has 0 rings (SSSR count). The summed E-state index contributed by atoms with van der Waals surface area (Å²) in [6, 6.07) is 0. The molecule has 0 aliphatic heterocycles. The lowest BCUT2D eigenvalue weighted by Crippen LogP contribution is -2.36. The van der Waals surface area contributed by atoms with E-state index in [2.05, 4.69) is 18.5 Å². The fourth-order valence-electron chi connectivity index (χ4n) is 1.57. The van der Waals surface area contributed by atoms with Gasteiger partial charge in [-0.1, -0.05) is 33.9 Å². The molecule has 20 heavy (non-hydrogen) atoms. The molecule has 2 N–H and O–H groups in total. The number of nitrogens with one attached hydrogen (secondary N) is 1. The normalized spacial score (nSPS) is 15.1. The molecule has 0 aromatic carbocycles. The molecule has 0 heterocycles.